The van der Waals surface area contributed by atoms with Crippen molar-refractivity contribution in [2.75, 3.05) is 10.2 Å². The van der Waals surface area contributed by atoms with Gasteiger partial charge in [0.05, 0.1) is 17.4 Å². The van der Waals surface area contributed by atoms with Crippen LogP contribution in [0.15, 0.2) is 84.1 Å². The van der Waals surface area contributed by atoms with Crippen molar-refractivity contribution in [2.45, 2.75) is 38.6 Å². The van der Waals surface area contributed by atoms with Crippen molar-refractivity contribution in [3.63, 3.8) is 0 Å². The topological polar surface area (TPSA) is 49.4 Å². The van der Waals surface area contributed by atoms with Crippen LogP contribution in [0, 0.1) is 12.7 Å². The molecule has 3 aromatic rings. The molecule has 0 unspecified atom stereocenters. The lowest BCUT2D eigenvalue weighted by atomic mass is 9.78. The number of hydrogen-bond acceptors (Lipinski definition) is 3. The number of carbonyl (C=O) groups excluding carboxylic acids is 2. The number of amides is 1. The lowest BCUT2D eigenvalue weighted by molar-refractivity contribution is -0.117. The summed E-state index contributed by atoms with van der Waals surface area (Å²) in [6.07, 6.45) is 0.980. The van der Waals surface area contributed by atoms with Crippen LogP contribution in [-0.4, -0.2) is 11.7 Å². The number of anilines is 2. The molecule has 0 aromatic heterocycles. The Kier molecular flexibility index (Phi) is 5.33. The zero-order valence-electron chi connectivity index (χ0n) is 18.6. The van der Waals surface area contributed by atoms with Crippen molar-refractivity contribution in [3.05, 3.63) is 107 Å². The van der Waals surface area contributed by atoms with Crippen molar-refractivity contribution in [2.24, 2.45) is 0 Å². The van der Waals surface area contributed by atoms with Gasteiger partial charge in [0.15, 0.2) is 5.78 Å². The highest BCUT2D eigenvalue weighted by atomic mass is 19.1. The van der Waals surface area contributed by atoms with Crippen LogP contribution in [0.4, 0.5) is 15.8 Å². The van der Waals surface area contributed by atoms with Gasteiger partial charge < -0.3 is 5.32 Å². The van der Waals surface area contributed by atoms with Crippen LogP contribution >= 0.6 is 0 Å². The first kappa shape index (κ1) is 21.1. The molecule has 5 rings (SSSR count). The van der Waals surface area contributed by atoms with Crippen LogP contribution in [0.3, 0.4) is 0 Å². The smallest absolute Gasteiger partial charge is 0.224 e. The number of Topliss-reactive ketones (excluding diaryl/α,β-unsaturated/α-hetero) is 1. The first-order chi connectivity index (χ1) is 15.9. The third-order valence-corrected chi connectivity index (χ3v) is 6.54. The van der Waals surface area contributed by atoms with Crippen LogP contribution in [-0.2, 0) is 9.59 Å². The molecule has 166 valence electrons. The van der Waals surface area contributed by atoms with Crippen molar-refractivity contribution in [3.8, 4) is 0 Å². The van der Waals surface area contributed by atoms with Crippen molar-refractivity contribution < 1.29 is 14.0 Å². The van der Waals surface area contributed by atoms with Crippen molar-refractivity contribution in [1.82, 2.24) is 0 Å². The van der Waals surface area contributed by atoms with Crippen LogP contribution in [0.25, 0.3) is 0 Å². The highest BCUT2D eigenvalue weighted by Gasteiger charge is 2.40. The molecule has 33 heavy (non-hydrogen) atoms. The molecule has 4 nitrogen and oxygen atoms in total. The molecular formula is C28H25FN2O2. The minimum absolute atomic E-state index is 0.0253. The number of rotatable bonds is 2. The molecule has 0 saturated carbocycles. The van der Waals surface area contributed by atoms with E-state index >= 15 is 0 Å². The van der Waals surface area contributed by atoms with Gasteiger partial charge in [0.1, 0.15) is 5.82 Å². The Morgan fingerprint density at radius 1 is 0.970 bits per heavy atom. The summed E-state index contributed by atoms with van der Waals surface area (Å²) in [5.74, 6) is -0.596. The predicted octanol–water partition coefficient (Wildman–Crippen LogP) is 6.05. The van der Waals surface area contributed by atoms with Gasteiger partial charge in [-0.2, -0.15) is 0 Å². The van der Waals surface area contributed by atoms with E-state index in [9.17, 15) is 14.0 Å². The molecule has 5 heteroatoms. The van der Waals surface area contributed by atoms with Gasteiger partial charge >= 0.3 is 0 Å². The Balaban J connectivity index is 1.70. The number of para-hydroxylation sites is 2. The number of nitrogens with one attached hydrogen (secondary N) is 1. The van der Waals surface area contributed by atoms with Gasteiger partial charge in [-0.1, -0.05) is 54.1 Å². The monoisotopic (exact) mass is 440 g/mol. The molecule has 0 radical (unpaired) electrons. The van der Waals surface area contributed by atoms with Gasteiger partial charge in [-0.05, 0) is 54.7 Å². The summed E-state index contributed by atoms with van der Waals surface area (Å²) in [5, 5.41) is 3.47. The summed E-state index contributed by atoms with van der Waals surface area (Å²) >= 11 is 0. The van der Waals surface area contributed by atoms with E-state index in [-0.39, 0.29) is 17.6 Å². The molecule has 3 aromatic carbocycles. The average molecular weight is 441 g/mol. The number of nitrogens with zero attached hydrogens (tertiary/aromatic N) is 1. The van der Waals surface area contributed by atoms with Gasteiger partial charge in [0.2, 0.25) is 5.91 Å². The fourth-order valence-electron chi connectivity index (χ4n) is 5.00. The van der Waals surface area contributed by atoms with Crippen LogP contribution in [0.5, 0.6) is 0 Å². The highest BCUT2D eigenvalue weighted by Crippen LogP contribution is 2.47. The second kappa shape index (κ2) is 8.32. The van der Waals surface area contributed by atoms with E-state index in [1.807, 2.05) is 31.2 Å². The minimum Gasteiger partial charge on any atom is -0.357 e. The molecule has 1 N–H and O–H groups in total. The van der Waals surface area contributed by atoms with Gasteiger partial charge in [-0.15, -0.1) is 0 Å². The van der Waals surface area contributed by atoms with Crippen LogP contribution in [0.1, 0.15) is 48.4 Å². The van der Waals surface area contributed by atoms with Gasteiger partial charge in [0.25, 0.3) is 0 Å². The van der Waals surface area contributed by atoms with Gasteiger partial charge in [-0.3, -0.25) is 14.5 Å². The third-order valence-electron chi connectivity index (χ3n) is 6.54. The van der Waals surface area contributed by atoms with E-state index in [0.717, 1.165) is 16.9 Å². The first-order valence-corrected chi connectivity index (χ1v) is 11.2. The predicted molar refractivity (Wildman–Crippen MR) is 128 cm³/mol. The molecule has 1 aliphatic heterocycles. The highest BCUT2D eigenvalue weighted by molar-refractivity contribution is 6.06. The molecule has 0 fully saturated rings. The van der Waals surface area contributed by atoms with Crippen molar-refractivity contribution in [1.29, 1.82) is 0 Å². The number of benzene rings is 3. The lowest BCUT2D eigenvalue weighted by Gasteiger charge is -2.34. The maximum Gasteiger partial charge on any atom is 0.224 e. The van der Waals surface area contributed by atoms with E-state index in [0.29, 0.717) is 29.7 Å². The largest absolute Gasteiger partial charge is 0.357 e. The number of aryl methyl sites for hydroxylation is 1. The van der Waals surface area contributed by atoms with E-state index in [1.54, 1.807) is 17.0 Å². The second-order valence-corrected chi connectivity index (χ2v) is 8.82. The fourth-order valence-corrected chi connectivity index (χ4v) is 5.00. The van der Waals surface area contributed by atoms with Gasteiger partial charge in [0, 0.05) is 24.6 Å². The molecule has 1 aliphatic carbocycles. The van der Waals surface area contributed by atoms with E-state index < -0.39 is 11.9 Å². The fraction of sp³-hybridized carbons (Fsp3) is 0.214. The Labute approximate surface area is 192 Å². The zero-order chi connectivity index (χ0) is 23.1. The van der Waals surface area contributed by atoms with Crippen LogP contribution < -0.4 is 10.2 Å². The normalized spacial score (nSPS) is 20.0. The van der Waals surface area contributed by atoms with E-state index in [4.69, 9.17) is 0 Å². The molecule has 2 aliphatic rings. The number of hydrogen-bond donors (Lipinski definition) is 1. The van der Waals surface area contributed by atoms with Crippen LogP contribution in [0.2, 0.25) is 0 Å². The average Bonchev–Trinajstić information content (AvgIpc) is 2.94. The number of ketones is 1. The SMILES string of the molecule is CC(=O)N1c2ccccc2NC2=C(C(=O)C[C@@H](c3ccc(C)cc3)C2)[C@H]1c1cccc(F)c1. The molecule has 0 bridgehead atoms. The van der Waals surface area contributed by atoms with Crippen molar-refractivity contribution >= 4 is 23.1 Å². The minimum atomic E-state index is -0.698. The maximum absolute atomic E-state index is 14.3. The number of fused-ring (bicyclic) bond motifs is 1. The zero-order valence-corrected chi connectivity index (χ0v) is 18.6. The molecule has 0 saturated heterocycles. The van der Waals surface area contributed by atoms with Gasteiger partial charge in [-0.25, -0.2) is 4.39 Å². The molecule has 0 spiro atoms. The standard InChI is InChI=1S/C28H25FN2O2/c1-17-10-12-19(13-11-17)21-15-24-27(26(33)16-21)28(20-6-5-7-22(29)14-20)31(18(2)32)25-9-4-3-8-23(25)30-24/h3-14,21,28,30H,15-16H2,1-2H3/t21-,28+/m0/s1. The lowest BCUT2D eigenvalue weighted by Crippen LogP contribution is -2.37. The Morgan fingerprint density at radius 3 is 2.45 bits per heavy atom. The Morgan fingerprint density at radius 2 is 1.73 bits per heavy atom. The molecule has 2 atom stereocenters. The third kappa shape index (κ3) is 3.84. The quantitative estimate of drug-likeness (QED) is 0.527. The summed E-state index contributed by atoms with van der Waals surface area (Å²) in [6.45, 7) is 3.52. The summed E-state index contributed by atoms with van der Waals surface area (Å²) in [6, 6.07) is 21.3. The molecular weight excluding hydrogens is 415 g/mol. The number of allylic oxidation sites excluding steroid dienone is 1. The number of halogens is 1. The summed E-state index contributed by atoms with van der Waals surface area (Å²) in [7, 11) is 0. The Hall–Kier alpha value is -3.73. The van der Waals surface area contributed by atoms with E-state index in [1.165, 1.54) is 24.6 Å². The maximum atomic E-state index is 14.3. The summed E-state index contributed by atoms with van der Waals surface area (Å²) in [4.78, 5) is 28.3. The molecule has 1 amide bonds. The molecule has 1 heterocycles. The first-order valence-electron chi connectivity index (χ1n) is 11.2. The summed E-state index contributed by atoms with van der Waals surface area (Å²) in [5.41, 5.74) is 5.64. The second-order valence-electron chi connectivity index (χ2n) is 8.82. The summed E-state index contributed by atoms with van der Waals surface area (Å²) < 4.78 is 14.3. The Bertz CT molecular complexity index is 1280. The van der Waals surface area contributed by atoms with E-state index in [2.05, 4.69) is 29.6 Å². The number of carbonyl (C=O) groups is 2.